The molecule has 20 heavy (non-hydrogen) atoms. The average molecular weight is 322 g/mol. The second kappa shape index (κ2) is 9.24. The van der Waals surface area contributed by atoms with Crippen LogP contribution in [0.3, 0.4) is 0 Å². The Kier molecular flexibility index (Phi) is 8.00. The number of amides is 1. The van der Waals surface area contributed by atoms with Gasteiger partial charge >= 0.3 is 5.97 Å². The SMILES string of the molecule is CCOC(=O)/C(Cl)=C(\Cl)C(=O)NC1CCCCCCC1. The van der Waals surface area contributed by atoms with Crippen LogP contribution in [-0.4, -0.2) is 24.5 Å². The van der Waals surface area contributed by atoms with Gasteiger partial charge in [-0.05, 0) is 19.8 Å². The van der Waals surface area contributed by atoms with E-state index < -0.39 is 11.9 Å². The first-order valence-electron chi connectivity index (χ1n) is 7.09. The first-order chi connectivity index (χ1) is 9.56. The molecular weight excluding hydrogens is 301 g/mol. The summed E-state index contributed by atoms with van der Waals surface area (Å²) in [6, 6.07) is 0.100. The number of nitrogens with one attached hydrogen (secondary N) is 1. The third-order valence-electron chi connectivity index (χ3n) is 3.29. The third kappa shape index (κ3) is 5.71. The molecule has 0 atom stereocenters. The van der Waals surface area contributed by atoms with Gasteiger partial charge in [-0.2, -0.15) is 0 Å². The molecule has 0 unspecified atom stereocenters. The highest BCUT2D eigenvalue weighted by Gasteiger charge is 2.21. The Hall–Kier alpha value is -0.740. The van der Waals surface area contributed by atoms with Gasteiger partial charge in [-0.25, -0.2) is 4.79 Å². The van der Waals surface area contributed by atoms with E-state index in [2.05, 4.69) is 5.32 Å². The third-order valence-corrected chi connectivity index (χ3v) is 4.09. The molecule has 0 saturated heterocycles. The van der Waals surface area contributed by atoms with Crippen LogP contribution in [0.5, 0.6) is 0 Å². The molecule has 1 amide bonds. The van der Waals surface area contributed by atoms with Crippen LogP contribution < -0.4 is 5.32 Å². The molecule has 1 fully saturated rings. The zero-order valence-corrected chi connectivity index (χ0v) is 13.2. The summed E-state index contributed by atoms with van der Waals surface area (Å²) in [5.41, 5.74) is 0. The van der Waals surface area contributed by atoms with Crippen molar-refractivity contribution in [1.82, 2.24) is 5.32 Å². The molecule has 0 radical (unpaired) electrons. The molecule has 1 aliphatic carbocycles. The second-order valence-corrected chi connectivity index (χ2v) is 5.62. The highest BCUT2D eigenvalue weighted by atomic mass is 35.5. The molecule has 0 aliphatic heterocycles. The second-order valence-electron chi connectivity index (χ2n) is 4.86. The smallest absolute Gasteiger partial charge is 0.351 e. The van der Waals surface area contributed by atoms with Gasteiger partial charge in [0.05, 0.1) is 6.61 Å². The standard InChI is InChI=1S/C14H21Cl2NO3/c1-2-20-14(19)12(16)11(15)13(18)17-10-8-6-4-3-5-7-9-10/h10H,2-9H2,1H3,(H,17,18)/b12-11+. The summed E-state index contributed by atoms with van der Waals surface area (Å²) in [7, 11) is 0. The quantitative estimate of drug-likeness (QED) is 0.637. The summed E-state index contributed by atoms with van der Waals surface area (Å²) in [5.74, 6) is -1.28. The maximum Gasteiger partial charge on any atom is 0.351 e. The van der Waals surface area contributed by atoms with Crippen molar-refractivity contribution in [2.24, 2.45) is 0 Å². The maximum absolute atomic E-state index is 12.0. The number of ether oxygens (including phenoxy) is 1. The Morgan fingerprint density at radius 1 is 1.05 bits per heavy atom. The number of rotatable bonds is 4. The number of esters is 1. The lowest BCUT2D eigenvalue weighted by Crippen LogP contribution is -2.35. The van der Waals surface area contributed by atoms with Crippen molar-refractivity contribution in [3.63, 3.8) is 0 Å². The van der Waals surface area contributed by atoms with Gasteiger partial charge in [0.15, 0.2) is 0 Å². The fourth-order valence-corrected chi connectivity index (χ4v) is 2.51. The first kappa shape index (κ1) is 17.3. The number of hydrogen-bond acceptors (Lipinski definition) is 3. The lowest BCUT2D eigenvalue weighted by molar-refractivity contribution is -0.138. The number of hydrogen-bond donors (Lipinski definition) is 1. The fraction of sp³-hybridized carbons (Fsp3) is 0.714. The van der Waals surface area contributed by atoms with Gasteiger partial charge in [0, 0.05) is 6.04 Å². The molecular formula is C14H21Cl2NO3. The Balaban J connectivity index is 2.59. The van der Waals surface area contributed by atoms with Gasteiger partial charge in [0.2, 0.25) is 0 Å². The van der Waals surface area contributed by atoms with Crippen LogP contribution >= 0.6 is 23.2 Å². The van der Waals surface area contributed by atoms with Crippen molar-refractivity contribution in [2.45, 2.75) is 57.9 Å². The summed E-state index contributed by atoms with van der Waals surface area (Å²) in [6.07, 6.45) is 7.71. The van der Waals surface area contributed by atoms with Crippen molar-refractivity contribution >= 4 is 35.1 Å². The molecule has 114 valence electrons. The summed E-state index contributed by atoms with van der Waals surface area (Å²) in [6.45, 7) is 1.84. The van der Waals surface area contributed by atoms with Crippen LogP contribution in [0, 0.1) is 0 Å². The van der Waals surface area contributed by atoms with E-state index in [1.54, 1.807) is 6.92 Å². The van der Waals surface area contributed by atoms with Crippen molar-refractivity contribution < 1.29 is 14.3 Å². The number of carbonyl (C=O) groups excluding carboxylic acids is 2. The van der Waals surface area contributed by atoms with Crippen molar-refractivity contribution in [1.29, 1.82) is 0 Å². The minimum Gasteiger partial charge on any atom is -0.462 e. The van der Waals surface area contributed by atoms with Crippen LogP contribution in [-0.2, 0) is 14.3 Å². The predicted molar refractivity (Wildman–Crippen MR) is 79.6 cm³/mol. The van der Waals surface area contributed by atoms with Gasteiger partial charge in [0.1, 0.15) is 10.1 Å². The van der Waals surface area contributed by atoms with E-state index in [0.717, 1.165) is 25.7 Å². The highest BCUT2D eigenvalue weighted by Crippen LogP contribution is 2.20. The van der Waals surface area contributed by atoms with Crippen molar-refractivity contribution in [3.8, 4) is 0 Å². The van der Waals surface area contributed by atoms with E-state index in [9.17, 15) is 9.59 Å². The van der Waals surface area contributed by atoms with E-state index in [0.29, 0.717) is 0 Å². The van der Waals surface area contributed by atoms with Crippen LogP contribution in [0.2, 0.25) is 0 Å². The van der Waals surface area contributed by atoms with Crippen LogP contribution in [0.15, 0.2) is 10.1 Å². The first-order valence-corrected chi connectivity index (χ1v) is 7.85. The van der Waals surface area contributed by atoms with Crippen molar-refractivity contribution in [2.75, 3.05) is 6.61 Å². The van der Waals surface area contributed by atoms with Crippen LogP contribution in [0.4, 0.5) is 0 Å². The van der Waals surface area contributed by atoms with E-state index in [4.69, 9.17) is 27.9 Å². The summed E-state index contributed by atoms with van der Waals surface area (Å²) >= 11 is 11.6. The van der Waals surface area contributed by atoms with Crippen molar-refractivity contribution in [3.05, 3.63) is 10.1 Å². The largest absolute Gasteiger partial charge is 0.462 e. The molecule has 0 aromatic heterocycles. The topological polar surface area (TPSA) is 55.4 Å². The number of halogens is 2. The average Bonchev–Trinajstić information content (AvgIpc) is 2.40. The highest BCUT2D eigenvalue weighted by molar-refractivity contribution is 6.53. The van der Waals surface area contributed by atoms with Gasteiger partial charge in [-0.1, -0.05) is 55.3 Å². The molecule has 0 aromatic rings. The Labute approximate surface area is 129 Å². The lowest BCUT2D eigenvalue weighted by Gasteiger charge is -2.20. The minimum atomic E-state index is -0.771. The monoisotopic (exact) mass is 321 g/mol. The van der Waals surface area contributed by atoms with E-state index in [-0.39, 0.29) is 22.7 Å². The predicted octanol–water partition coefficient (Wildman–Crippen LogP) is 3.47. The molecule has 1 saturated carbocycles. The molecule has 1 N–H and O–H groups in total. The molecule has 1 rings (SSSR count). The molecule has 6 heteroatoms. The van der Waals surface area contributed by atoms with E-state index in [1.165, 1.54) is 19.3 Å². The number of carbonyl (C=O) groups is 2. The summed E-state index contributed by atoms with van der Waals surface area (Å²) < 4.78 is 4.71. The maximum atomic E-state index is 12.0. The van der Waals surface area contributed by atoms with Gasteiger partial charge in [-0.15, -0.1) is 0 Å². The summed E-state index contributed by atoms with van der Waals surface area (Å²) in [5, 5.41) is 2.18. The fourth-order valence-electron chi connectivity index (χ4n) is 2.23. The van der Waals surface area contributed by atoms with Crippen LogP contribution in [0.25, 0.3) is 0 Å². The summed E-state index contributed by atoms with van der Waals surface area (Å²) in [4.78, 5) is 23.4. The molecule has 0 aromatic carbocycles. The Bertz CT molecular complexity index is 375. The van der Waals surface area contributed by atoms with E-state index in [1.807, 2.05) is 0 Å². The van der Waals surface area contributed by atoms with Gasteiger partial charge in [0.25, 0.3) is 5.91 Å². The Morgan fingerprint density at radius 3 is 2.15 bits per heavy atom. The minimum absolute atomic E-state index is 0.100. The zero-order chi connectivity index (χ0) is 15.0. The van der Waals surface area contributed by atoms with E-state index >= 15 is 0 Å². The molecule has 1 aliphatic rings. The zero-order valence-electron chi connectivity index (χ0n) is 11.7. The molecule has 4 nitrogen and oxygen atoms in total. The molecule has 0 bridgehead atoms. The molecule has 0 spiro atoms. The van der Waals surface area contributed by atoms with Crippen LogP contribution in [0.1, 0.15) is 51.9 Å². The Morgan fingerprint density at radius 2 is 1.60 bits per heavy atom. The van der Waals surface area contributed by atoms with Gasteiger partial charge in [-0.3, -0.25) is 4.79 Å². The lowest BCUT2D eigenvalue weighted by atomic mass is 9.97. The van der Waals surface area contributed by atoms with Gasteiger partial charge < -0.3 is 10.1 Å². The molecule has 0 heterocycles. The normalized spacial score (nSPS) is 18.6.